The fourth-order valence-corrected chi connectivity index (χ4v) is 5.79. The molecular weight excluding hydrogens is 454 g/mol. The minimum absolute atomic E-state index is 0.0310. The van der Waals surface area contributed by atoms with E-state index in [0.29, 0.717) is 41.9 Å². The largest absolute Gasteiger partial charge is 0.492 e. The summed E-state index contributed by atoms with van der Waals surface area (Å²) >= 11 is 9.11. The van der Waals surface area contributed by atoms with E-state index in [1.165, 1.54) is 10.4 Å². The standard InChI is InChI=1S/C22H24ClN3O3S2/c1-26(10-11-29-15-7-5-14(23)6-8-15)19(27)9-12-30-13-18-24-21(28)20-16-3-2-4-17(16)31-22(20)25-18/h5-8H,2-4,9-13H2,1H3,(H,24,25,28). The van der Waals surface area contributed by atoms with Gasteiger partial charge in [-0.05, 0) is 49.1 Å². The molecule has 0 spiro atoms. The van der Waals surface area contributed by atoms with Crippen molar-refractivity contribution in [1.82, 2.24) is 14.9 Å². The Kier molecular flexibility index (Phi) is 7.20. The molecule has 0 saturated carbocycles. The number of hydrogen-bond acceptors (Lipinski definition) is 6. The van der Waals surface area contributed by atoms with Gasteiger partial charge in [-0.3, -0.25) is 9.59 Å². The van der Waals surface area contributed by atoms with E-state index in [1.54, 1.807) is 59.3 Å². The third-order valence-electron chi connectivity index (χ3n) is 5.26. The third-order valence-corrected chi connectivity index (χ3v) is 7.67. The Labute approximate surface area is 194 Å². The maximum absolute atomic E-state index is 12.5. The number of rotatable bonds is 9. The van der Waals surface area contributed by atoms with Crippen LogP contribution in [0.25, 0.3) is 10.2 Å². The molecule has 2 aromatic heterocycles. The van der Waals surface area contributed by atoms with E-state index in [1.807, 2.05) is 0 Å². The zero-order valence-corrected chi connectivity index (χ0v) is 19.7. The molecule has 4 rings (SSSR count). The van der Waals surface area contributed by atoms with Gasteiger partial charge in [0.1, 0.15) is 23.0 Å². The first kappa shape index (κ1) is 22.2. The number of aromatic amines is 1. The summed E-state index contributed by atoms with van der Waals surface area (Å²) in [5.41, 5.74) is 1.16. The molecule has 0 saturated heterocycles. The number of hydrogen-bond donors (Lipinski definition) is 1. The molecule has 0 unspecified atom stereocenters. The number of halogens is 1. The first-order valence-corrected chi connectivity index (χ1v) is 12.6. The Hall–Kier alpha value is -2.03. The second-order valence-corrected chi connectivity index (χ2v) is 10.1. The van der Waals surface area contributed by atoms with Gasteiger partial charge in [0, 0.05) is 29.1 Å². The van der Waals surface area contributed by atoms with Gasteiger partial charge < -0.3 is 14.6 Å². The van der Waals surface area contributed by atoms with Crippen molar-refractivity contribution in [2.75, 3.05) is 26.0 Å². The summed E-state index contributed by atoms with van der Waals surface area (Å²) < 4.78 is 5.64. The Balaban J connectivity index is 1.20. The number of thioether (sulfide) groups is 1. The molecular formula is C22H24ClN3O3S2. The topological polar surface area (TPSA) is 75.3 Å². The fourth-order valence-electron chi connectivity index (χ4n) is 3.59. The van der Waals surface area contributed by atoms with E-state index >= 15 is 0 Å². The van der Waals surface area contributed by atoms with Gasteiger partial charge in [0.05, 0.1) is 17.7 Å². The quantitative estimate of drug-likeness (QED) is 0.465. The summed E-state index contributed by atoms with van der Waals surface area (Å²) in [7, 11) is 1.78. The van der Waals surface area contributed by atoms with Crippen molar-refractivity contribution in [1.29, 1.82) is 0 Å². The van der Waals surface area contributed by atoms with E-state index in [2.05, 4.69) is 9.97 Å². The summed E-state index contributed by atoms with van der Waals surface area (Å²) in [6, 6.07) is 7.16. The first-order chi connectivity index (χ1) is 15.0. The predicted octanol–water partition coefficient (Wildman–Crippen LogP) is 4.29. The lowest BCUT2D eigenvalue weighted by atomic mass is 10.2. The van der Waals surface area contributed by atoms with Gasteiger partial charge in [0.15, 0.2) is 0 Å². The molecule has 6 nitrogen and oxygen atoms in total. The number of likely N-dealkylation sites (N-methyl/N-ethyl adjacent to an activating group) is 1. The average molecular weight is 478 g/mol. The first-order valence-electron chi connectivity index (χ1n) is 10.2. The van der Waals surface area contributed by atoms with E-state index in [4.69, 9.17) is 16.3 Å². The number of fused-ring (bicyclic) bond motifs is 3. The van der Waals surface area contributed by atoms with Gasteiger partial charge in [0.25, 0.3) is 5.56 Å². The Bertz CT molecular complexity index is 1130. The number of nitrogens with zero attached hydrogens (tertiary/aromatic N) is 2. The number of benzene rings is 1. The van der Waals surface area contributed by atoms with Crippen LogP contribution in [-0.4, -0.2) is 46.7 Å². The molecule has 0 bridgehead atoms. The van der Waals surface area contributed by atoms with Crippen LogP contribution >= 0.6 is 34.7 Å². The molecule has 3 aromatic rings. The van der Waals surface area contributed by atoms with Crippen molar-refractivity contribution < 1.29 is 9.53 Å². The van der Waals surface area contributed by atoms with Crippen LogP contribution in [0.2, 0.25) is 5.02 Å². The highest BCUT2D eigenvalue weighted by Gasteiger charge is 2.21. The van der Waals surface area contributed by atoms with Crippen LogP contribution in [0.1, 0.15) is 29.1 Å². The highest BCUT2D eigenvalue weighted by atomic mass is 35.5. The molecule has 2 heterocycles. The molecule has 0 aliphatic heterocycles. The van der Waals surface area contributed by atoms with Crippen molar-refractivity contribution in [2.45, 2.75) is 31.4 Å². The Morgan fingerprint density at radius 2 is 2.13 bits per heavy atom. The van der Waals surface area contributed by atoms with Crippen LogP contribution < -0.4 is 10.3 Å². The number of carbonyl (C=O) groups excluding carboxylic acids is 1. The minimum atomic E-state index is -0.0310. The highest BCUT2D eigenvalue weighted by molar-refractivity contribution is 7.98. The lowest BCUT2D eigenvalue weighted by Crippen LogP contribution is -2.31. The second-order valence-electron chi connectivity index (χ2n) is 7.47. The van der Waals surface area contributed by atoms with Crippen LogP contribution in [0.3, 0.4) is 0 Å². The molecule has 1 amide bonds. The number of thiophene rings is 1. The SMILES string of the molecule is CN(CCOc1ccc(Cl)cc1)C(=O)CCSCc1nc2sc3c(c2c(=O)[nH]1)CCC3. The van der Waals surface area contributed by atoms with Crippen LogP contribution in [0.5, 0.6) is 5.75 Å². The smallest absolute Gasteiger partial charge is 0.259 e. The summed E-state index contributed by atoms with van der Waals surface area (Å²) in [6.45, 7) is 0.938. The maximum atomic E-state index is 12.5. The summed E-state index contributed by atoms with van der Waals surface area (Å²) in [5.74, 6) is 2.74. The van der Waals surface area contributed by atoms with E-state index in [-0.39, 0.29) is 11.5 Å². The Morgan fingerprint density at radius 1 is 1.32 bits per heavy atom. The lowest BCUT2D eigenvalue weighted by Gasteiger charge is -2.17. The molecule has 31 heavy (non-hydrogen) atoms. The maximum Gasteiger partial charge on any atom is 0.259 e. The average Bonchev–Trinajstić information content (AvgIpc) is 3.33. The van der Waals surface area contributed by atoms with Gasteiger partial charge in [-0.1, -0.05) is 11.6 Å². The predicted molar refractivity (Wildman–Crippen MR) is 128 cm³/mol. The van der Waals surface area contributed by atoms with Crippen LogP contribution in [-0.2, 0) is 23.4 Å². The monoisotopic (exact) mass is 477 g/mol. The van der Waals surface area contributed by atoms with E-state index < -0.39 is 0 Å². The molecule has 9 heteroatoms. The van der Waals surface area contributed by atoms with Crippen molar-refractivity contribution in [2.24, 2.45) is 0 Å². The molecule has 1 aliphatic rings. The van der Waals surface area contributed by atoms with Crippen LogP contribution in [0.4, 0.5) is 0 Å². The minimum Gasteiger partial charge on any atom is -0.492 e. The molecule has 1 N–H and O–H groups in total. The molecule has 1 aliphatic carbocycles. The van der Waals surface area contributed by atoms with Crippen LogP contribution in [0, 0.1) is 0 Å². The van der Waals surface area contributed by atoms with Gasteiger partial charge in [-0.15, -0.1) is 11.3 Å². The van der Waals surface area contributed by atoms with E-state index in [9.17, 15) is 9.59 Å². The summed E-state index contributed by atoms with van der Waals surface area (Å²) in [4.78, 5) is 36.2. The van der Waals surface area contributed by atoms with Crippen molar-refractivity contribution in [3.8, 4) is 5.75 Å². The molecule has 1 aromatic carbocycles. The van der Waals surface area contributed by atoms with Crippen molar-refractivity contribution >= 4 is 50.8 Å². The van der Waals surface area contributed by atoms with Gasteiger partial charge in [0.2, 0.25) is 5.91 Å². The number of H-pyrrole nitrogens is 1. The summed E-state index contributed by atoms with van der Waals surface area (Å²) in [6.07, 6.45) is 3.60. The number of aryl methyl sites for hydroxylation is 2. The lowest BCUT2D eigenvalue weighted by molar-refractivity contribution is -0.129. The van der Waals surface area contributed by atoms with Crippen molar-refractivity contribution in [3.05, 3.63) is 55.9 Å². The summed E-state index contributed by atoms with van der Waals surface area (Å²) in [5, 5.41) is 1.44. The number of nitrogens with one attached hydrogen (secondary N) is 1. The van der Waals surface area contributed by atoms with Crippen LogP contribution in [0.15, 0.2) is 29.1 Å². The van der Waals surface area contributed by atoms with Gasteiger partial charge in [-0.25, -0.2) is 4.98 Å². The number of aromatic nitrogens is 2. The van der Waals surface area contributed by atoms with Crippen molar-refractivity contribution in [3.63, 3.8) is 0 Å². The third kappa shape index (κ3) is 5.42. The highest BCUT2D eigenvalue weighted by Crippen LogP contribution is 2.34. The molecule has 0 fully saturated rings. The normalized spacial score (nSPS) is 12.8. The van der Waals surface area contributed by atoms with Gasteiger partial charge in [-0.2, -0.15) is 11.8 Å². The van der Waals surface area contributed by atoms with Gasteiger partial charge >= 0.3 is 0 Å². The second kappa shape index (κ2) is 10.1. The number of carbonyl (C=O) groups is 1. The number of amides is 1. The molecule has 164 valence electrons. The molecule has 0 atom stereocenters. The van der Waals surface area contributed by atoms with E-state index in [0.717, 1.165) is 35.2 Å². The zero-order chi connectivity index (χ0) is 21.8. The zero-order valence-electron chi connectivity index (χ0n) is 17.3. The Morgan fingerprint density at radius 3 is 2.94 bits per heavy atom. The number of ether oxygens (including phenoxy) is 1. The fraction of sp³-hybridized carbons (Fsp3) is 0.409. The molecule has 0 radical (unpaired) electrons.